The van der Waals surface area contributed by atoms with Gasteiger partial charge in [0.25, 0.3) is 0 Å². The van der Waals surface area contributed by atoms with Crippen molar-refractivity contribution < 1.29 is 19.8 Å². The number of aromatic hydroxyl groups is 1. The number of ether oxygens (including phenoxy) is 2. The third-order valence-corrected chi connectivity index (χ3v) is 2.94. The van der Waals surface area contributed by atoms with Crippen LogP contribution in [-0.2, 0) is 0 Å². The topological polar surface area (TPSA) is 71.3 Å². The summed E-state index contributed by atoms with van der Waals surface area (Å²) in [5, 5.41) is 22.6. The van der Waals surface area contributed by atoms with E-state index in [2.05, 4.69) is 5.16 Å². The van der Waals surface area contributed by atoms with E-state index < -0.39 is 0 Å². The Kier molecular flexibility index (Phi) is 4.10. The predicted octanol–water partition coefficient (Wildman–Crippen LogP) is 2.64. The second kappa shape index (κ2) is 5.97. The van der Waals surface area contributed by atoms with Crippen LogP contribution in [-0.4, -0.2) is 30.2 Å². The van der Waals surface area contributed by atoms with E-state index in [1.807, 2.05) is 0 Å². The molecule has 5 nitrogen and oxygen atoms in total. The molecule has 104 valence electrons. The molecule has 2 rings (SSSR count). The molecule has 0 amide bonds. The Morgan fingerprint density at radius 1 is 1.00 bits per heavy atom. The molecular formula is C15H15NO4. The van der Waals surface area contributed by atoms with Crippen LogP contribution >= 0.6 is 0 Å². The molecule has 2 aromatic rings. The largest absolute Gasteiger partial charge is 0.504 e. The molecule has 0 spiro atoms. The fourth-order valence-electron chi connectivity index (χ4n) is 1.89. The van der Waals surface area contributed by atoms with Crippen LogP contribution in [0, 0.1) is 0 Å². The number of benzene rings is 2. The lowest BCUT2D eigenvalue weighted by molar-refractivity contribution is 0.319. The van der Waals surface area contributed by atoms with Gasteiger partial charge < -0.3 is 19.8 Å². The number of oxime groups is 1. The molecule has 0 atom stereocenters. The minimum Gasteiger partial charge on any atom is -0.504 e. The molecule has 2 aromatic carbocycles. The molecule has 0 aliphatic heterocycles. The van der Waals surface area contributed by atoms with Crippen molar-refractivity contribution in [2.75, 3.05) is 14.2 Å². The van der Waals surface area contributed by atoms with E-state index in [-0.39, 0.29) is 11.5 Å². The Morgan fingerprint density at radius 3 is 2.25 bits per heavy atom. The monoisotopic (exact) mass is 273 g/mol. The normalized spacial score (nSPS) is 11.2. The van der Waals surface area contributed by atoms with E-state index in [0.29, 0.717) is 22.6 Å². The molecule has 0 radical (unpaired) electrons. The Balaban J connectivity index is 2.47. The highest BCUT2D eigenvalue weighted by atomic mass is 16.5. The van der Waals surface area contributed by atoms with Gasteiger partial charge in [0.05, 0.1) is 14.2 Å². The van der Waals surface area contributed by atoms with Crippen LogP contribution in [0.4, 0.5) is 0 Å². The minimum atomic E-state index is -0.0707. The van der Waals surface area contributed by atoms with E-state index >= 15 is 0 Å². The van der Waals surface area contributed by atoms with Gasteiger partial charge in [-0.3, -0.25) is 0 Å². The molecule has 0 aromatic heterocycles. The summed E-state index contributed by atoms with van der Waals surface area (Å²) < 4.78 is 10.1. The molecular weight excluding hydrogens is 258 g/mol. The average Bonchev–Trinajstić information content (AvgIpc) is 2.50. The quantitative estimate of drug-likeness (QED) is 0.510. The van der Waals surface area contributed by atoms with Crippen molar-refractivity contribution in [3.63, 3.8) is 0 Å². The lowest BCUT2D eigenvalue weighted by atomic mass is 10.0. The lowest BCUT2D eigenvalue weighted by Gasteiger charge is -2.10. The molecule has 0 saturated carbocycles. The van der Waals surface area contributed by atoms with E-state index in [1.165, 1.54) is 7.11 Å². The van der Waals surface area contributed by atoms with Gasteiger partial charge in [0.2, 0.25) is 0 Å². The maximum absolute atomic E-state index is 10.1. The molecule has 0 saturated heterocycles. The summed E-state index contributed by atoms with van der Waals surface area (Å²) in [4.78, 5) is 0. The zero-order valence-corrected chi connectivity index (χ0v) is 11.2. The van der Waals surface area contributed by atoms with E-state index in [1.54, 1.807) is 49.6 Å². The number of hydrogen-bond donors (Lipinski definition) is 2. The van der Waals surface area contributed by atoms with Gasteiger partial charge in [-0.25, -0.2) is 0 Å². The highest BCUT2D eigenvalue weighted by Crippen LogP contribution is 2.31. The maximum atomic E-state index is 10.1. The molecule has 2 N–H and O–H groups in total. The van der Waals surface area contributed by atoms with E-state index in [4.69, 9.17) is 9.47 Å². The van der Waals surface area contributed by atoms with Crippen LogP contribution in [0.5, 0.6) is 17.2 Å². The smallest absolute Gasteiger partial charge is 0.167 e. The first kappa shape index (κ1) is 13.7. The number of methoxy groups -OCH3 is 2. The highest BCUT2D eigenvalue weighted by Gasteiger charge is 2.15. The van der Waals surface area contributed by atoms with Crippen molar-refractivity contribution in [3.8, 4) is 17.2 Å². The molecule has 5 heteroatoms. The van der Waals surface area contributed by atoms with Crippen molar-refractivity contribution in [1.82, 2.24) is 0 Å². The SMILES string of the molecule is COc1ccc(/C(=N/O)c2cccc(OC)c2O)cc1. The van der Waals surface area contributed by atoms with Crippen molar-refractivity contribution in [2.24, 2.45) is 5.16 Å². The zero-order chi connectivity index (χ0) is 14.5. The van der Waals surface area contributed by atoms with Gasteiger partial charge in [-0.1, -0.05) is 11.2 Å². The molecule has 0 fully saturated rings. The number of rotatable bonds is 4. The van der Waals surface area contributed by atoms with E-state index in [9.17, 15) is 10.3 Å². The first-order valence-corrected chi connectivity index (χ1v) is 5.94. The number of phenols is 1. The van der Waals surface area contributed by atoms with Crippen LogP contribution in [0.3, 0.4) is 0 Å². The summed E-state index contributed by atoms with van der Waals surface area (Å²) in [7, 11) is 3.03. The first-order chi connectivity index (χ1) is 9.71. The molecule has 0 unspecified atom stereocenters. The summed E-state index contributed by atoms with van der Waals surface area (Å²) in [6.45, 7) is 0. The van der Waals surface area contributed by atoms with Crippen LogP contribution in [0.15, 0.2) is 47.6 Å². The minimum absolute atomic E-state index is 0.0707. The van der Waals surface area contributed by atoms with Crippen LogP contribution < -0.4 is 9.47 Å². The maximum Gasteiger partial charge on any atom is 0.167 e. The van der Waals surface area contributed by atoms with Gasteiger partial charge in [0.15, 0.2) is 11.5 Å². The molecule has 20 heavy (non-hydrogen) atoms. The number of para-hydroxylation sites is 1. The fraction of sp³-hybridized carbons (Fsp3) is 0.133. The van der Waals surface area contributed by atoms with Crippen molar-refractivity contribution in [3.05, 3.63) is 53.6 Å². The zero-order valence-electron chi connectivity index (χ0n) is 11.2. The van der Waals surface area contributed by atoms with Crippen LogP contribution in [0.1, 0.15) is 11.1 Å². The molecule has 0 aliphatic carbocycles. The Hall–Kier alpha value is -2.69. The fourth-order valence-corrected chi connectivity index (χ4v) is 1.89. The molecule has 0 heterocycles. The van der Waals surface area contributed by atoms with Gasteiger partial charge in [-0.05, 0) is 36.4 Å². The van der Waals surface area contributed by atoms with Gasteiger partial charge in [0, 0.05) is 11.1 Å². The van der Waals surface area contributed by atoms with Gasteiger partial charge in [0.1, 0.15) is 11.5 Å². The highest BCUT2D eigenvalue weighted by molar-refractivity contribution is 6.14. The van der Waals surface area contributed by atoms with Crippen LogP contribution in [0.25, 0.3) is 0 Å². The molecule has 0 aliphatic rings. The Bertz CT molecular complexity index is 620. The second-order valence-corrected chi connectivity index (χ2v) is 4.03. The predicted molar refractivity (Wildman–Crippen MR) is 75.1 cm³/mol. The van der Waals surface area contributed by atoms with Crippen LogP contribution in [0.2, 0.25) is 0 Å². The van der Waals surface area contributed by atoms with Gasteiger partial charge in [-0.2, -0.15) is 0 Å². The first-order valence-electron chi connectivity index (χ1n) is 5.94. The van der Waals surface area contributed by atoms with Gasteiger partial charge in [-0.15, -0.1) is 0 Å². The number of nitrogens with zero attached hydrogens (tertiary/aromatic N) is 1. The third-order valence-electron chi connectivity index (χ3n) is 2.94. The third kappa shape index (κ3) is 2.51. The average molecular weight is 273 g/mol. The van der Waals surface area contributed by atoms with Crippen molar-refractivity contribution in [1.29, 1.82) is 0 Å². The standard InChI is InChI=1S/C15H15NO4/c1-19-11-8-6-10(7-9-11)14(16-18)12-4-3-5-13(20-2)15(12)17/h3-9,17-18H,1-2H3/b16-14-. The summed E-state index contributed by atoms with van der Waals surface area (Å²) >= 11 is 0. The Labute approximate surface area is 116 Å². The second-order valence-electron chi connectivity index (χ2n) is 4.03. The van der Waals surface area contributed by atoms with Gasteiger partial charge >= 0.3 is 0 Å². The molecule has 0 bridgehead atoms. The number of hydrogen-bond acceptors (Lipinski definition) is 5. The summed E-state index contributed by atoms with van der Waals surface area (Å²) in [5.41, 5.74) is 1.29. The summed E-state index contributed by atoms with van der Waals surface area (Å²) in [6.07, 6.45) is 0. The summed E-state index contributed by atoms with van der Waals surface area (Å²) in [5.74, 6) is 0.941. The summed E-state index contributed by atoms with van der Waals surface area (Å²) in [6, 6.07) is 12.0. The van der Waals surface area contributed by atoms with E-state index in [0.717, 1.165) is 0 Å². The number of phenolic OH excluding ortho intramolecular Hbond substituents is 1. The lowest BCUT2D eigenvalue weighted by Crippen LogP contribution is -2.04. The van der Waals surface area contributed by atoms with Crippen molar-refractivity contribution in [2.45, 2.75) is 0 Å². The van der Waals surface area contributed by atoms with Crippen molar-refractivity contribution >= 4 is 5.71 Å². The Morgan fingerprint density at radius 2 is 1.70 bits per heavy atom.